The third kappa shape index (κ3) is 2.21. The van der Waals surface area contributed by atoms with Crippen molar-refractivity contribution in [2.45, 2.75) is 39.5 Å². The van der Waals surface area contributed by atoms with Crippen molar-refractivity contribution in [3.05, 3.63) is 29.5 Å². The summed E-state index contributed by atoms with van der Waals surface area (Å²) in [5.74, 6) is 1.18. The second-order valence-corrected chi connectivity index (χ2v) is 4.34. The minimum absolute atomic E-state index is 0.334. The van der Waals surface area contributed by atoms with Gasteiger partial charge in [-0.05, 0) is 43.5 Å². The van der Waals surface area contributed by atoms with Gasteiger partial charge < -0.3 is 9.52 Å². The highest BCUT2D eigenvalue weighted by molar-refractivity contribution is 5.85. The smallest absolute Gasteiger partial charge is 0.138 e. The summed E-state index contributed by atoms with van der Waals surface area (Å²) in [7, 11) is 0. The SMILES string of the molecule is CCCCCc1cc(O)c2cc(C)oc2c1. The monoisotopic (exact) mass is 218 g/mol. The van der Waals surface area contributed by atoms with E-state index in [9.17, 15) is 5.11 Å². The van der Waals surface area contributed by atoms with E-state index in [2.05, 4.69) is 6.92 Å². The molecule has 2 rings (SSSR count). The zero-order valence-corrected chi connectivity index (χ0v) is 9.92. The van der Waals surface area contributed by atoms with Crippen molar-refractivity contribution in [1.29, 1.82) is 0 Å². The van der Waals surface area contributed by atoms with Crippen molar-refractivity contribution in [2.75, 3.05) is 0 Å². The second-order valence-electron chi connectivity index (χ2n) is 4.34. The van der Waals surface area contributed by atoms with E-state index in [0.717, 1.165) is 28.7 Å². The van der Waals surface area contributed by atoms with Crippen LogP contribution in [0.3, 0.4) is 0 Å². The van der Waals surface area contributed by atoms with Crippen LogP contribution in [-0.2, 0) is 6.42 Å². The van der Waals surface area contributed by atoms with Crippen molar-refractivity contribution in [2.24, 2.45) is 0 Å². The lowest BCUT2D eigenvalue weighted by molar-refractivity contribution is 0.480. The Kier molecular flexibility index (Phi) is 3.18. The molecule has 1 N–H and O–H groups in total. The number of unbranched alkanes of at least 4 members (excludes halogenated alkanes) is 2. The van der Waals surface area contributed by atoms with Gasteiger partial charge in [-0.2, -0.15) is 0 Å². The first kappa shape index (κ1) is 11.1. The molecule has 0 fully saturated rings. The van der Waals surface area contributed by atoms with Gasteiger partial charge in [-0.3, -0.25) is 0 Å². The molecule has 86 valence electrons. The van der Waals surface area contributed by atoms with Crippen LogP contribution < -0.4 is 0 Å². The van der Waals surface area contributed by atoms with Crippen LogP contribution in [0.4, 0.5) is 0 Å². The summed E-state index contributed by atoms with van der Waals surface area (Å²) in [4.78, 5) is 0. The normalized spacial score (nSPS) is 11.1. The average molecular weight is 218 g/mol. The van der Waals surface area contributed by atoms with Gasteiger partial charge in [0.1, 0.15) is 17.1 Å². The van der Waals surface area contributed by atoms with Crippen LogP contribution in [0.5, 0.6) is 5.75 Å². The van der Waals surface area contributed by atoms with E-state index >= 15 is 0 Å². The van der Waals surface area contributed by atoms with E-state index in [1.54, 1.807) is 0 Å². The zero-order valence-electron chi connectivity index (χ0n) is 9.92. The summed E-state index contributed by atoms with van der Waals surface area (Å²) in [6.07, 6.45) is 4.63. The molecule has 0 spiro atoms. The molecule has 0 aliphatic carbocycles. The van der Waals surface area contributed by atoms with Crippen LogP contribution in [-0.4, -0.2) is 5.11 Å². The maximum atomic E-state index is 9.86. The molecule has 0 aliphatic heterocycles. The number of aromatic hydroxyl groups is 1. The number of fused-ring (bicyclic) bond motifs is 1. The van der Waals surface area contributed by atoms with Crippen LogP contribution in [0.1, 0.15) is 37.5 Å². The Morgan fingerprint density at radius 2 is 2.00 bits per heavy atom. The minimum Gasteiger partial charge on any atom is -0.507 e. The number of hydrogen-bond donors (Lipinski definition) is 1. The molecule has 0 aliphatic rings. The van der Waals surface area contributed by atoms with Crippen LogP contribution in [0.2, 0.25) is 0 Å². The van der Waals surface area contributed by atoms with Crippen LogP contribution in [0.15, 0.2) is 22.6 Å². The summed E-state index contributed by atoms with van der Waals surface area (Å²) >= 11 is 0. The lowest BCUT2D eigenvalue weighted by atomic mass is 10.1. The van der Waals surface area contributed by atoms with Gasteiger partial charge in [0.05, 0.1) is 5.39 Å². The van der Waals surface area contributed by atoms with Gasteiger partial charge in [-0.1, -0.05) is 19.8 Å². The Hall–Kier alpha value is -1.44. The largest absolute Gasteiger partial charge is 0.507 e. The van der Waals surface area contributed by atoms with Gasteiger partial charge in [-0.25, -0.2) is 0 Å². The highest BCUT2D eigenvalue weighted by Gasteiger charge is 2.07. The summed E-state index contributed by atoms with van der Waals surface area (Å²) in [5.41, 5.74) is 1.96. The summed E-state index contributed by atoms with van der Waals surface area (Å²) in [6, 6.07) is 5.77. The van der Waals surface area contributed by atoms with Gasteiger partial charge in [0.25, 0.3) is 0 Å². The zero-order chi connectivity index (χ0) is 11.5. The molecule has 16 heavy (non-hydrogen) atoms. The molecule has 0 bridgehead atoms. The fourth-order valence-corrected chi connectivity index (χ4v) is 2.03. The van der Waals surface area contributed by atoms with Crippen molar-refractivity contribution in [3.8, 4) is 5.75 Å². The highest BCUT2D eigenvalue weighted by atomic mass is 16.3. The molecule has 2 heteroatoms. The van der Waals surface area contributed by atoms with Crippen molar-refractivity contribution < 1.29 is 9.52 Å². The summed E-state index contributed by atoms with van der Waals surface area (Å²) in [5, 5.41) is 10.7. The minimum atomic E-state index is 0.334. The Morgan fingerprint density at radius 1 is 1.19 bits per heavy atom. The van der Waals surface area contributed by atoms with E-state index in [1.165, 1.54) is 19.3 Å². The molecule has 1 aromatic carbocycles. The molecule has 0 atom stereocenters. The van der Waals surface area contributed by atoms with E-state index in [-0.39, 0.29) is 0 Å². The third-order valence-electron chi connectivity index (χ3n) is 2.87. The van der Waals surface area contributed by atoms with E-state index in [4.69, 9.17) is 4.42 Å². The predicted molar refractivity (Wildman–Crippen MR) is 65.8 cm³/mol. The molecule has 0 unspecified atom stereocenters. The molecule has 0 saturated heterocycles. The standard InChI is InChI=1S/C14H18O2/c1-3-4-5-6-11-8-13(15)12-7-10(2)16-14(12)9-11/h7-9,15H,3-6H2,1-2H3. The first-order valence-corrected chi connectivity index (χ1v) is 5.92. The van der Waals surface area contributed by atoms with Crippen molar-refractivity contribution in [1.82, 2.24) is 0 Å². The number of benzene rings is 1. The number of phenolic OH excluding ortho intramolecular Hbond substituents is 1. The van der Waals surface area contributed by atoms with E-state index in [0.29, 0.717) is 5.75 Å². The molecular weight excluding hydrogens is 200 g/mol. The van der Waals surface area contributed by atoms with Crippen LogP contribution in [0, 0.1) is 6.92 Å². The van der Waals surface area contributed by atoms with E-state index in [1.807, 2.05) is 25.1 Å². The Balaban J connectivity index is 2.27. The molecule has 1 heterocycles. The van der Waals surface area contributed by atoms with Crippen molar-refractivity contribution >= 4 is 11.0 Å². The third-order valence-corrected chi connectivity index (χ3v) is 2.87. The van der Waals surface area contributed by atoms with Gasteiger partial charge in [0.2, 0.25) is 0 Å². The first-order valence-electron chi connectivity index (χ1n) is 5.92. The molecule has 0 amide bonds. The fourth-order valence-electron chi connectivity index (χ4n) is 2.03. The fraction of sp³-hybridized carbons (Fsp3) is 0.429. The molecule has 1 aromatic heterocycles. The Morgan fingerprint density at radius 3 is 2.75 bits per heavy atom. The quantitative estimate of drug-likeness (QED) is 0.781. The van der Waals surface area contributed by atoms with Gasteiger partial charge in [0.15, 0.2) is 0 Å². The second kappa shape index (κ2) is 4.60. The van der Waals surface area contributed by atoms with Crippen molar-refractivity contribution in [3.63, 3.8) is 0 Å². The topological polar surface area (TPSA) is 33.4 Å². The lowest BCUT2D eigenvalue weighted by Crippen LogP contribution is -1.85. The molecule has 2 nitrogen and oxygen atoms in total. The van der Waals surface area contributed by atoms with Crippen LogP contribution in [0.25, 0.3) is 11.0 Å². The molecule has 2 aromatic rings. The maximum Gasteiger partial charge on any atom is 0.138 e. The maximum absolute atomic E-state index is 9.86. The molecular formula is C14H18O2. The molecule has 0 radical (unpaired) electrons. The van der Waals surface area contributed by atoms with Crippen LogP contribution >= 0.6 is 0 Å². The highest BCUT2D eigenvalue weighted by Crippen LogP contribution is 2.29. The number of phenols is 1. The molecule has 0 saturated carbocycles. The Labute approximate surface area is 95.9 Å². The Bertz CT molecular complexity index is 483. The van der Waals surface area contributed by atoms with Gasteiger partial charge >= 0.3 is 0 Å². The first-order chi connectivity index (χ1) is 7.70. The number of rotatable bonds is 4. The lowest BCUT2D eigenvalue weighted by Gasteiger charge is -2.02. The van der Waals surface area contributed by atoms with Gasteiger partial charge in [-0.15, -0.1) is 0 Å². The summed E-state index contributed by atoms with van der Waals surface area (Å²) in [6.45, 7) is 4.09. The predicted octanol–water partition coefficient (Wildman–Crippen LogP) is 4.18. The summed E-state index contributed by atoms with van der Waals surface area (Å²) < 4.78 is 5.54. The number of aryl methyl sites for hydroxylation is 2. The van der Waals surface area contributed by atoms with Gasteiger partial charge in [0, 0.05) is 0 Å². The number of hydrogen-bond acceptors (Lipinski definition) is 2. The number of furan rings is 1. The van der Waals surface area contributed by atoms with E-state index < -0.39 is 0 Å². The average Bonchev–Trinajstić information content (AvgIpc) is 2.60.